The maximum absolute atomic E-state index is 5.76. The van der Waals surface area contributed by atoms with Crippen LogP contribution in [0.1, 0.15) is 26.7 Å². The van der Waals surface area contributed by atoms with Gasteiger partial charge < -0.3 is 19.3 Å². The number of nitrogens with zero attached hydrogens (tertiary/aromatic N) is 5. The molecule has 7 nitrogen and oxygen atoms in total. The largest absolute Gasteiger partial charge is 0.355 e. The van der Waals surface area contributed by atoms with Gasteiger partial charge in [-0.2, -0.15) is 10.1 Å². The fourth-order valence-electron chi connectivity index (χ4n) is 2.94. The van der Waals surface area contributed by atoms with Crippen LogP contribution in [0.25, 0.3) is 0 Å². The summed E-state index contributed by atoms with van der Waals surface area (Å²) >= 11 is 0. The second kappa shape index (κ2) is 6.11. The Kier molecular flexibility index (Phi) is 4.21. The summed E-state index contributed by atoms with van der Waals surface area (Å²) in [6, 6.07) is 0. The standard InChI is InChI=1S/C14H23N5O2/c1-3-18(4-2)13-16-12(11-15-17-13)19-7-5-14(6-8-19)20-9-10-21-14/h11H,3-10H2,1-2H3. The topological polar surface area (TPSA) is 63.6 Å². The van der Waals surface area contributed by atoms with Gasteiger partial charge in [0.1, 0.15) is 0 Å². The first-order valence-corrected chi connectivity index (χ1v) is 7.74. The smallest absolute Gasteiger partial charge is 0.247 e. The van der Waals surface area contributed by atoms with Crippen LogP contribution < -0.4 is 9.80 Å². The zero-order chi connectivity index (χ0) is 14.7. The molecule has 1 aromatic heterocycles. The molecule has 3 rings (SSSR count). The molecule has 0 radical (unpaired) electrons. The lowest BCUT2D eigenvalue weighted by Crippen LogP contribution is -2.45. The highest BCUT2D eigenvalue weighted by atomic mass is 16.7. The third kappa shape index (κ3) is 2.94. The first kappa shape index (κ1) is 14.5. The lowest BCUT2D eigenvalue weighted by atomic mass is 10.0. The second-order valence-corrected chi connectivity index (χ2v) is 5.38. The highest BCUT2D eigenvalue weighted by Gasteiger charge is 2.40. The Morgan fingerprint density at radius 2 is 1.86 bits per heavy atom. The number of hydrogen-bond donors (Lipinski definition) is 0. The van der Waals surface area contributed by atoms with Gasteiger partial charge in [0.05, 0.1) is 19.4 Å². The van der Waals surface area contributed by atoms with Gasteiger partial charge in [-0.25, -0.2) is 0 Å². The van der Waals surface area contributed by atoms with E-state index in [0.717, 1.165) is 44.8 Å². The van der Waals surface area contributed by atoms with Gasteiger partial charge in [-0.1, -0.05) is 0 Å². The zero-order valence-corrected chi connectivity index (χ0v) is 12.8. The molecule has 2 aliphatic heterocycles. The summed E-state index contributed by atoms with van der Waals surface area (Å²) in [5, 5.41) is 8.24. The maximum Gasteiger partial charge on any atom is 0.247 e. The average molecular weight is 293 g/mol. The lowest BCUT2D eigenvalue weighted by molar-refractivity contribution is -0.169. The third-order valence-electron chi connectivity index (χ3n) is 4.24. The van der Waals surface area contributed by atoms with E-state index in [2.05, 4.69) is 38.8 Å². The summed E-state index contributed by atoms with van der Waals surface area (Å²) in [5.74, 6) is 1.24. The summed E-state index contributed by atoms with van der Waals surface area (Å²) < 4.78 is 11.5. The molecule has 21 heavy (non-hydrogen) atoms. The Hall–Kier alpha value is -1.47. The van der Waals surface area contributed by atoms with Crippen molar-refractivity contribution < 1.29 is 9.47 Å². The van der Waals surface area contributed by atoms with Crippen LogP contribution in [0, 0.1) is 0 Å². The van der Waals surface area contributed by atoms with E-state index in [1.54, 1.807) is 6.20 Å². The molecule has 1 aromatic rings. The predicted octanol–water partition coefficient (Wildman–Crippen LogP) is 1.06. The molecule has 0 N–H and O–H groups in total. The number of anilines is 2. The van der Waals surface area contributed by atoms with Crippen molar-refractivity contribution in [2.75, 3.05) is 49.2 Å². The minimum absolute atomic E-state index is 0.349. The molecule has 0 aliphatic carbocycles. The molecule has 0 bridgehead atoms. The van der Waals surface area contributed by atoms with Crippen molar-refractivity contribution in [3.05, 3.63) is 6.20 Å². The summed E-state index contributed by atoms with van der Waals surface area (Å²) in [6.07, 6.45) is 3.48. The van der Waals surface area contributed by atoms with Crippen LogP contribution in [-0.2, 0) is 9.47 Å². The van der Waals surface area contributed by atoms with Gasteiger partial charge in [0.2, 0.25) is 5.95 Å². The van der Waals surface area contributed by atoms with Crippen LogP contribution in [0.5, 0.6) is 0 Å². The molecule has 0 unspecified atom stereocenters. The highest BCUT2D eigenvalue weighted by Crippen LogP contribution is 2.32. The van der Waals surface area contributed by atoms with Gasteiger partial charge in [-0.05, 0) is 13.8 Å². The second-order valence-electron chi connectivity index (χ2n) is 5.38. The van der Waals surface area contributed by atoms with Gasteiger partial charge in [-0.3, -0.25) is 0 Å². The van der Waals surface area contributed by atoms with E-state index in [9.17, 15) is 0 Å². The van der Waals surface area contributed by atoms with Crippen molar-refractivity contribution in [3.63, 3.8) is 0 Å². The molecule has 3 heterocycles. The molecule has 2 aliphatic rings. The molecule has 116 valence electrons. The van der Waals surface area contributed by atoms with Crippen LogP contribution in [0.3, 0.4) is 0 Å². The molecular weight excluding hydrogens is 270 g/mol. The Bertz CT molecular complexity index is 464. The lowest BCUT2D eigenvalue weighted by Gasteiger charge is -2.38. The fraction of sp³-hybridized carbons (Fsp3) is 0.786. The maximum atomic E-state index is 5.76. The van der Waals surface area contributed by atoms with Gasteiger partial charge in [0.15, 0.2) is 11.6 Å². The molecule has 0 atom stereocenters. The number of aromatic nitrogens is 3. The Labute approximate surface area is 125 Å². The van der Waals surface area contributed by atoms with Gasteiger partial charge >= 0.3 is 0 Å². The molecule has 0 amide bonds. The van der Waals surface area contributed by atoms with Crippen LogP contribution in [-0.4, -0.2) is 60.4 Å². The molecule has 0 saturated carbocycles. The number of ether oxygens (including phenoxy) is 2. The number of piperidine rings is 1. The van der Waals surface area contributed by atoms with Crippen molar-refractivity contribution in [1.82, 2.24) is 15.2 Å². The number of rotatable bonds is 4. The van der Waals surface area contributed by atoms with Crippen molar-refractivity contribution >= 4 is 11.8 Å². The molecule has 7 heteroatoms. The monoisotopic (exact) mass is 293 g/mol. The van der Waals surface area contributed by atoms with E-state index >= 15 is 0 Å². The predicted molar refractivity (Wildman–Crippen MR) is 79.5 cm³/mol. The fourth-order valence-corrected chi connectivity index (χ4v) is 2.94. The number of hydrogen-bond acceptors (Lipinski definition) is 7. The van der Waals surface area contributed by atoms with E-state index in [0.29, 0.717) is 19.2 Å². The van der Waals surface area contributed by atoms with Gasteiger partial charge in [0, 0.05) is 39.0 Å². The van der Waals surface area contributed by atoms with Crippen LogP contribution in [0.4, 0.5) is 11.8 Å². The molecule has 2 saturated heterocycles. The normalized spacial score (nSPS) is 21.0. The van der Waals surface area contributed by atoms with E-state index in [1.165, 1.54) is 0 Å². The minimum Gasteiger partial charge on any atom is -0.355 e. The Morgan fingerprint density at radius 1 is 1.19 bits per heavy atom. The molecular formula is C14H23N5O2. The quantitative estimate of drug-likeness (QED) is 0.822. The summed E-state index contributed by atoms with van der Waals surface area (Å²) in [5.41, 5.74) is 0. The van der Waals surface area contributed by atoms with Gasteiger partial charge in [0.25, 0.3) is 0 Å². The Balaban J connectivity index is 1.69. The summed E-state index contributed by atoms with van der Waals surface area (Å²) in [6.45, 7) is 9.12. The summed E-state index contributed by atoms with van der Waals surface area (Å²) in [4.78, 5) is 8.99. The minimum atomic E-state index is -0.349. The van der Waals surface area contributed by atoms with E-state index in [1.807, 2.05) is 0 Å². The molecule has 2 fully saturated rings. The first-order chi connectivity index (χ1) is 10.3. The zero-order valence-electron chi connectivity index (χ0n) is 12.8. The van der Waals surface area contributed by atoms with Gasteiger partial charge in [-0.15, -0.1) is 5.10 Å². The molecule has 0 aromatic carbocycles. The van der Waals surface area contributed by atoms with Crippen molar-refractivity contribution in [3.8, 4) is 0 Å². The van der Waals surface area contributed by atoms with E-state index < -0.39 is 0 Å². The molecule has 1 spiro atoms. The summed E-state index contributed by atoms with van der Waals surface area (Å²) in [7, 11) is 0. The van der Waals surface area contributed by atoms with Crippen LogP contribution in [0.15, 0.2) is 6.20 Å². The highest BCUT2D eigenvalue weighted by molar-refractivity contribution is 5.42. The van der Waals surface area contributed by atoms with Crippen LogP contribution in [0.2, 0.25) is 0 Å². The SMILES string of the molecule is CCN(CC)c1nncc(N2CCC3(CC2)OCCO3)n1. The average Bonchev–Trinajstić information content (AvgIpc) is 2.98. The van der Waals surface area contributed by atoms with E-state index in [-0.39, 0.29) is 5.79 Å². The van der Waals surface area contributed by atoms with Crippen molar-refractivity contribution in [2.24, 2.45) is 0 Å². The van der Waals surface area contributed by atoms with Crippen molar-refractivity contribution in [1.29, 1.82) is 0 Å². The Morgan fingerprint density at radius 3 is 2.48 bits per heavy atom. The third-order valence-corrected chi connectivity index (χ3v) is 4.24. The van der Waals surface area contributed by atoms with E-state index in [4.69, 9.17) is 9.47 Å². The first-order valence-electron chi connectivity index (χ1n) is 7.74. The van der Waals surface area contributed by atoms with Crippen LogP contribution >= 0.6 is 0 Å². The van der Waals surface area contributed by atoms with Crippen molar-refractivity contribution in [2.45, 2.75) is 32.5 Å².